The fourth-order valence-electron chi connectivity index (χ4n) is 5.05. The van der Waals surface area contributed by atoms with Crippen molar-refractivity contribution in [1.29, 1.82) is 0 Å². The summed E-state index contributed by atoms with van der Waals surface area (Å²) in [6, 6.07) is 7.85. The molecule has 1 amide bonds. The summed E-state index contributed by atoms with van der Waals surface area (Å²) in [6.45, 7) is 3.93. The maximum Gasteiger partial charge on any atom is 0.241 e. The zero-order chi connectivity index (χ0) is 21.5. The highest BCUT2D eigenvalue weighted by molar-refractivity contribution is 6.35. The zero-order valence-corrected chi connectivity index (χ0v) is 18.7. The number of rotatable bonds is 4. The molecule has 2 saturated heterocycles. The van der Waals surface area contributed by atoms with Crippen LogP contribution in [0.4, 0.5) is 11.5 Å². The maximum absolute atomic E-state index is 13.0. The Morgan fingerprint density at radius 2 is 2.06 bits per heavy atom. The Morgan fingerprint density at radius 3 is 2.87 bits per heavy atom. The third-order valence-electron chi connectivity index (χ3n) is 6.43. The molecule has 0 spiro atoms. The summed E-state index contributed by atoms with van der Waals surface area (Å²) in [6.07, 6.45) is 5.62. The van der Waals surface area contributed by atoms with Crippen LogP contribution in [0.1, 0.15) is 19.8 Å². The number of piperidine rings is 1. The van der Waals surface area contributed by atoms with Crippen LogP contribution in [0.2, 0.25) is 10.0 Å². The van der Waals surface area contributed by atoms with E-state index < -0.39 is 0 Å². The number of benzene rings is 1. The van der Waals surface area contributed by atoms with Gasteiger partial charge in [-0.15, -0.1) is 0 Å². The molecule has 5 rings (SSSR count). The van der Waals surface area contributed by atoms with E-state index in [0.717, 1.165) is 41.9 Å². The summed E-state index contributed by atoms with van der Waals surface area (Å²) in [5, 5.41) is 5.27. The van der Waals surface area contributed by atoms with Crippen molar-refractivity contribution >= 4 is 51.6 Å². The number of aromatic nitrogens is 3. The summed E-state index contributed by atoms with van der Waals surface area (Å²) in [4.78, 5) is 29.4. The molecule has 3 atom stereocenters. The number of hydrogen-bond donors (Lipinski definition) is 2. The van der Waals surface area contributed by atoms with Crippen molar-refractivity contribution in [2.45, 2.75) is 31.8 Å². The first-order valence-corrected chi connectivity index (χ1v) is 11.3. The SMILES string of the molecule is C[C@@H]1C[C@H]2CCN(C(=O)CNc3cc(Cl)cc(Cl)c3)C[C@H]2N1c1ncnc2[nH]ccc12. The normalized spacial score (nSPS) is 23.3. The van der Waals surface area contributed by atoms with E-state index in [9.17, 15) is 4.79 Å². The molecule has 2 aliphatic heterocycles. The molecule has 9 heteroatoms. The highest BCUT2D eigenvalue weighted by Crippen LogP contribution is 2.40. The number of amides is 1. The molecule has 4 heterocycles. The smallest absolute Gasteiger partial charge is 0.241 e. The Morgan fingerprint density at radius 1 is 1.26 bits per heavy atom. The number of nitrogens with one attached hydrogen (secondary N) is 2. The molecular formula is C22H24Cl2N6O. The molecule has 0 aliphatic carbocycles. The first-order valence-electron chi connectivity index (χ1n) is 10.5. The molecule has 7 nitrogen and oxygen atoms in total. The number of halogens is 2. The van der Waals surface area contributed by atoms with E-state index >= 15 is 0 Å². The van der Waals surface area contributed by atoms with E-state index in [-0.39, 0.29) is 18.5 Å². The fourth-order valence-corrected chi connectivity index (χ4v) is 5.58. The average Bonchev–Trinajstić information content (AvgIpc) is 3.34. The fraction of sp³-hybridized carbons (Fsp3) is 0.409. The summed E-state index contributed by atoms with van der Waals surface area (Å²) in [7, 11) is 0. The summed E-state index contributed by atoms with van der Waals surface area (Å²) >= 11 is 12.1. The van der Waals surface area contributed by atoms with Crippen molar-refractivity contribution in [3.63, 3.8) is 0 Å². The van der Waals surface area contributed by atoms with Gasteiger partial charge in [-0.25, -0.2) is 9.97 Å². The largest absolute Gasteiger partial charge is 0.376 e. The maximum atomic E-state index is 13.0. The molecule has 2 N–H and O–H groups in total. The van der Waals surface area contributed by atoms with Crippen molar-refractivity contribution in [2.75, 3.05) is 29.9 Å². The van der Waals surface area contributed by atoms with Gasteiger partial charge in [0.1, 0.15) is 17.8 Å². The summed E-state index contributed by atoms with van der Waals surface area (Å²) in [5.74, 6) is 1.58. The van der Waals surface area contributed by atoms with Gasteiger partial charge in [-0.1, -0.05) is 23.2 Å². The van der Waals surface area contributed by atoms with Gasteiger partial charge < -0.3 is 20.1 Å². The van der Waals surface area contributed by atoms with Crippen LogP contribution in [-0.2, 0) is 4.79 Å². The molecule has 1 aromatic carbocycles. The Balaban J connectivity index is 1.31. The standard InChI is InChI=1S/C22H24Cl2N6O/c1-13-6-14-3-5-29(20(31)10-26-17-8-15(23)7-16(24)9-17)11-19(14)30(13)22-18-2-4-25-21(18)27-12-28-22/h2,4,7-9,12-14,19,26H,3,5-6,10-11H2,1H3,(H,25,27,28)/t13-,14-,19-/m1/s1. The lowest BCUT2D eigenvalue weighted by molar-refractivity contribution is -0.130. The Hall–Kier alpha value is -2.51. The number of fused-ring (bicyclic) bond motifs is 2. The van der Waals surface area contributed by atoms with Crippen molar-refractivity contribution in [2.24, 2.45) is 5.92 Å². The van der Waals surface area contributed by atoms with Gasteiger partial charge in [-0.05, 0) is 49.9 Å². The van der Waals surface area contributed by atoms with Gasteiger partial charge in [-0.2, -0.15) is 0 Å². The number of carbonyl (C=O) groups is 1. The quantitative estimate of drug-likeness (QED) is 0.612. The second-order valence-corrected chi connectivity index (χ2v) is 9.27. The minimum atomic E-state index is 0.0727. The van der Waals surface area contributed by atoms with Gasteiger partial charge in [0, 0.05) is 41.1 Å². The van der Waals surface area contributed by atoms with Crippen LogP contribution in [0.25, 0.3) is 11.0 Å². The molecule has 2 fully saturated rings. The van der Waals surface area contributed by atoms with E-state index in [0.29, 0.717) is 28.5 Å². The molecule has 0 unspecified atom stereocenters. The number of anilines is 2. The average molecular weight is 459 g/mol. The molecule has 3 aromatic rings. The van der Waals surface area contributed by atoms with Gasteiger partial charge in [-0.3, -0.25) is 4.79 Å². The minimum absolute atomic E-state index is 0.0727. The molecule has 31 heavy (non-hydrogen) atoms. The van der Waals surface area contributed by atoms with Crippen molar-refractivity contribution < 1.29 is 4.79 Å². The second kappa shape index (κ2) is 8.20. The lowest BCUT2D eigenvalue weighted by atomic mass is 9.91. The van der Waals surface area contributed by atoms with Gasteiger partial charge in [0.25, 0.3) is 0 Å². The summed E-state index contributed by atoms with van der Waals surface area (Å²) in [5.41, 5.74) is 1.58. The van der Waals surface area contributed by atoms with Crippen molar-refractivity contribution in [3.05, 3.63) is 46.8 Å². The van der Waals surface area contributed by atoms with Gasteiger partial charge >= 0.3 is 0 Å². The second-order valence-electron chi connectivity index (χ2n) is 8.40. The predicted octanol–water partition coefficient (Wildman–Crippen LogP) is 4.19. The third-order valence-corrected chi connectivity index (χ3v) is 6.87. The van der Waals surface area contributed by atoms with E-state index in [4.69, 9.17) is 23.2 Å². The number of nitrogens with zero attached hydrogens (tertiary/aromatic N) is 4. The minimum Gasteiger partial charge on any atom is -0.376 e. The van der Waals surface area contributed by atoms with Crippen LogP contribution in [-0.4, -0.2) is 57.5 Å². The van der Waals surface area contributed by atoms with Crippen molar-refractivity contribution in [1.82, 2.24) is 19.9 Å². The van der Waals surface area contributed by atoms with Crippen LogP contribution in [0, 0.1) is 5.92 Å². The van der Waals surface area contributed by atoms with E-state index in [2.05, 4.69) is 32.1 Å². The van der Waals surface area contributed by atoms with Crippen LogP contribution in [0.15, 0.2) is 36.8 Å². The van der Waals surface area contributed by atoms with Gasteiger partial charge in [0.2, 0.25) is 5.91 Å². The molecule has 2 aliphatic rings. The number of carbonyl (C=O) groups excluding carboxylic acids is 1. The van der Waals surface area contributed by atoms with E-state index in [1.54, 1.807) is 24.5 Å². The van der Waals surface area contributed by atoms with Crippen LogP contribution in [0.5, 0.6) is 0 Å². The molecule has 0 radical (unpaired) electrons. The van der Waals surface area contributed by atoms with Gasteiger partial charge in [0.05, 0.1) is 18.0 Å². The number of hydrogen-bond acceptors (Lipinski definition) is 5. The Labute approximate surface area is 190 Å². The molecule has 162 valence electrons. The first-order chi connectivity index (χ1) is 15.0. The number of likely N-dealkylation sites (tertiary alicyclic amines) is 1. The monoisotopic (exact) mass is 458 g/mol. The summed E-state index contributed by atoms with van der Waals surface area (Å²) < 4.78 is 0. The lowest BCUT2D eigenvalue weighted by Crippen LogP contribution is -2.52. The molecule has 0 saturated carbocycles. The van der Waals surface area contributed by atoms with Gasteiger partial charge in [0.15, 0.2) is 0 Å². The molecular weight excluding hydrogens is 435 g/mol. The zero-order valence-electron chi connectivity index (χ0n) is 17.2. The lowest BCUT2D eigenvalue weighted by Gasteiger charge is -2.39. The topological polar surface area (TPSA) is 77.2 Å². The van der Waals surface area contributed by atoms with Crippen LogP contribution < -0.4 is 10.2 Å². The molecule has 0 bridgehead atoms. The third kappa shape index (κ3) is 3.92. The predicted molar refractivity (Wildman–Crippen MR) is 124 cm³/mol. The van der Waals surface area contributed by atoms with Crippen LogP contribution in [0.3, 0.4) is 0 Å². The van der Waals surface area contributed by atoms with E-state index in [1.165, 1.54) is 0 Å². The van der Waals surface area contributed by atoms with E-state index in [1.807, 2.05) is 17.2 Å². The molecule has 2 aromatic heterocycles. The van der Waals surface area contributed by atoms with Crippen molar-refractivity contribution in [3.8, 4) is 0 Å². The highest BCUT2D eigenvalue weighted by atomic mass is 35.5. The highest BCUT2D eigenvalue weighted by Gasteiger charge is 2.44. The Bertz CT molecular complexity index is 1100. The van der Waals surface area contributed by atoms with Crippen LogP contribution >= 0.6 is 23.2 Å². The number of aromatic amines is 1. The number of H-pyrrole nitrogens is 1. The first kappa shape index (κ1) is 20.4. The Kier molecular flexibility index (Phi) is 5.40.